The Bertz CT molecular complexity index is 473. The first-order valence-electron chi connectivity index (χ1n) is 3.90. The van der Waals surface area contributed by atoms with Crippen molar-refractivity contribution in [3.8, 4) is 0 Å². The van der Waals surface area contributed by atoms with E-state index in [1.807, 2.05) is 0 Å². The first-order chi connectivity index (χ1) is 6.22. The molecule has 0 aliphatic heterocycles. The molecule has 0 spiro atoms. The van der Waals surface area contributed by atoms with Gasteiger partial charge in [-0.3, -0.25) is 9.48 Å². The lowest BCUT2D eigenvalue weighted by atomic mass is 10.2. The number of aromatic nitrogens is 2. The summed E-state index contributed by atoms with van der Waals surface area (Å²) in [6.07, 6.45) is 0.749. The standard InChI is InChI=1S/C9H9N3O/c1-12-9-4-6(10)2-3-7(9)8(5-13)11-12/h2-5H,10H2,1H3. The molecule has 0 aliphatic rings. The predicted molar refractivity (Wildman–Crippen MR) is 50.5 cm³/mol. The number of rotatable bonds is 1. The third-order valence-corrected chi connectivity index (χ3v) is 2.02. The third-order valence-electron chi connectivity index (χ3n) is 2.02. The maximum Gasteiger partial charge on any atom is 0.170 e. The third kappa shape index (κ3) is 1.07. The number of hydrogen-bond donors (Lipinski definition) is 1. The minimum Gasteiger partial charge on any atom is -0.399 e. The molecule has 0 bridgehead atoms. The molecule has 2 aromatic rings. The van der Waals surface area contributed by atoms with Crippen LogP contribution in [0.1, 0.15) is 10.5 Å². The topological polar surface area (TPSA) is 60.9 Å². The average Bonchev–Trinajstić information content (AvgIpc) is 2.43. The van der Waals surface area contributed by atoms with Gasteiger partial charge in [0.2, 0.25) is 0 Å². The summed E-state index contributed by atoms with van der Waals surface area (Å²) in [6, 6.07) is 5.37. The second kappa shape index (κ2) is 2.58. The molecule has 0 saturated heterocycles. The Morgan fingerprint density at radius 2 is 2.31 bits per heavy atom. The summed E-state index contributed by atoms with van der Waals surface area (Å²) in [5.41, 5.74) is 7.62. The van der Waals surface area contributed by atoms with E-state index >= 15 is 0 Å². The lowest BCUT2D eigenvalue weighted by Gasteiger charge is -1.94. The molecular formula is C9H9N3O. The van der Waals surface area contributed by atoms with Gasteiger partial charge in [-0.2, -0.15) is 5.10 Å². The normalized spacial score (nSPS) is 10.5. The van der Waals surface area contributed by atoms with Gasteiger partial charge in [0.05, 0.1) is 5.52 Å². The van der Waals surface area contributed by atoms with E-state index in [1.54, 1.807) is 29.9 Å². The lowest BCUT2D eigenvalue weighted by molar-refractivity contribution is 0.112. The van der Waals surface area contributed by atoms with Crippen molar-refractivity contribution in [2.75, 3.05) is 5.73 Å². The van der Waals surface area contributed by atoms with Gasteiger partial charge in [-0.15, -0.1) is 0 Å². The van der Waals surface area contributed by atoms with Gasteiger partial charge in [0.15, 0.2) is 6.29 Å². The molecule has 0 amide bonds. The summed E-state index contributed by atoms with van der Waals surface area (Å²) in [5, 5.41) is 4.88. The fourth-order valence-corrected chi connectivity index (χ4v) is 1.39. The smallest absolute Gasteiger partial charge is 0.170 e. The highest BCUT2D eigenvalue weighted by Gasteiger charge is 2.06. The molecule has 1 heterocycles. The highest BCUT2D eigenvalue weighted by molar-refractivity contribution is 5.96. The van der Waals surface area contributed by atoms with E-state index < -0.39 is 0 Å². The minimum atomic E-state index is 0.456. The molecule has 2 rings (SSSR count). The fraction of sp³-hybridized carbons (Fsp3) is 0.111. The van der Waals surface area contributed by atoms with Crippen LogP contribution in [0.4, 0.5) is 5.69 Å². The number of hydrogen-bond acceptors (Lipinski definition) is 3. The number of benzene rings is 1. The molecule has 0 fully saturated rings. The molecule has 4 heteroatoms. The highest BCUT2D eigenvalue weighted by Crippen LogP contribution is 2.19. The van der Waals surface area contributed by atoms with Crippen molar-refractivity contribution in [1.29, 1.82) is 0 Å². The summed E-state index contributed by atoms with van der Waals surface area (Å²) < 4.78 is 1.65. The van der Waals surface area contributed by atoms with E-state index in [1.165, 1.54) is 0 Å². The molecule has 0 atom stereocenters. The van der Waals surface area contributed by atoms with E-state index in [0.717, 1.165) is 17.2 Å². The molecule has 4 nitrogen and oxygen atoms in total. The zero-order valence-electron chi connectivity index (χ0n) is 7.19. The number of nitrogens with zero attached hydrogens (tertiary/aromatic N) is 2. The molecule has 0 saturated carbocycles. The number of aryl methyl sites for hydroxylation is 1. The molecule has 13 heavy (non-hydrogen) atoms. The maximum absolute atomic E-state index is 10.6. The van der Waals surface area contributed by atoms with Crippen LogP contribution < -0.4 is 5.73 Å². The van der Waals surface area contributed by atoms with Gasteiger partial charge in [0, 0.05) is 18.1 Å². The molecule has 2 N–H and O–H groups in total. The first-order valence-corrected chi connectivity index (χ1v) is 3.90. The Morgan fingerprint density at radius 3 is 3.00 bits per heavy atom. The lowest BCUT2D eigenvalue weighted by Crippen LogP contribution is -1.91. The summed E-state index contributed by atoms with van der Waals surface area (Å²) in [4.78, 5) is 10.6. The van der Waals surface area contributed by atoms with Gasteiger partial charge in [0.25, 0.3) is 0 Å². The van der Waals surface area contributed by atoms with E-state index in [-0.39, 0.29) is 0 Å². The molecule has 66 valence electrons. The van der Waals surface area contributed by atoms with Gasteiger partial charge in [-0.05, 0) is 18.2 Å². The van der Waals surface area contributed by atoms with E-state index in [4.69, 9.17) is 5.73 Å². The maximum atomic E-state index is 10.6. The number of aldehydes is 1. The first kappa shape index (κ1) is 7.79. The van der Waals surface area contributed by atoms with Crippen LogP contribution >= 0.6 is 0 Å². The Hall–Kier alpha value is -1.84. The van der Waals surface area contributed by atoms with Gasteiger partial charge < -0.3 is 5.73 Å². The molecule has 1 aromatic heterocycles. The largest absolute Gasteiger partial charge is 0.399 e. The minimum absolute atomic E-state index is 0.456. The van der Waals surface area contributed by atoms with E-state index in [9.17, 15) is 4.79 Å². The van der Waals surface area contributed by atoms with Crippen LogP contribution in [0, 0.1) is 0 Å². The van der Waals surface area contributed by atoms with Crippen LogP contribution in [-0.2, 0) is 7.05 Å². The Balaban J connectivity index is 2.88. The van der Waals surface area contributed by atoms with Crippen LogP contribution in [0.25, 0.3) is 10.9 Å². The number of nitrogens with two attached hydrogens (primary N) is 1. The van der Waals surface area contributed by atoms with Gasteiger partial charge in [-0.25, -0.2) is 0 Å². The van der Waals surface area contributed by atoms with Gasteiger partial charge in [-0.1, -0.05) is 0 Å². The predicted octanol–water partition coefficient (Wildman–Crippen LogP) is 0.968. The number of carbonyl (C=O) groups excluding carboxylic acids is 1. The number of nitrogen functional groups attached to an aromatic ring is 1. The average molecular weight is 175 g/mol. The van der Waals surface area contributed by atoms with Crippen LogP contribution in [-0.4, -0.2) is 16.1 Å². The van der Waals surface area contributed by atoms with Crippen LogP contribution in [0.15, 0.2) is 18.2 Å². The van der Waals surface area contributed by atoms with Crippen molar-refractivity contribution in [1.82, 2.24) is 9.78 Å². The van der Waals surface area contributed by atoms with Gasteiger partial charge >= 0.3 is 0 Å². The number of anilines is 1. The van der Waals surface area contributed by atoms with Crippen LogP contribution in [0.5, 0.6) is 0 Å². The van der Waals surface area contributed by atoms with Crippen molar-refractivity contribution >= 4 is 22.9 Å². The van der Waals surface area contributed by atoms with Crippen molar-refractivity contribution in [3.05, 3.63) is 23.9 Å². The highest BCUT2D eigenvalue weighted by atomic mass is 16.1. The summed E-state index contributed by atoms with van der Waals surface area (Å²) in [6.45, 7) is 0. The fourth-order valence-electron chi connectivity index (χ4n) is 1.39. The molecular weight excluding hydrogens is 166 g/mol. The van der Waals surface area contributed by atoms with Gasteiger partial charge in [0.1, 0.15) is 5.69 Å². The summed E-state index contributed by atoms with van der Waals surface area (Å²) in [5.74, 6) is 0. The van der Waals surface area contributed by atoms with Crippen molar-refractivity contribution in [2.45, 2.75) is 0 Å². The summed E-state index contributed by atoms with van der Waals surface area (Å²) in [7, 11) is 1.79. The quantitative estimate of drug-likeness (QED) is 0.519. The summed E-state index contributed by atoms with van der Waals surface area (Å²) >= 11 is 0. The van der Waals surface area contributed by atoms with E-state index in [0.29, 0.717) is 11.4 Å². The molecule has 0 radical (unpaired) electrons. The second-order valence-electron chi connectivity index (χ2n) is 2.90. The molecule has 1 aromatic carbocycles. The van der Waals surface area contributed by atoms with Crippen molar-refractivity contribution < 1.29 is 4.79 Å². The zero-order valence-corrected chi connectivity index (χ0v) is 7.19. The number of fused-ring (bicyclic) bond motifs is 1. The Kier molecular flexibility index (Phi) is 1.55. The molecule has 0 aliphatic carbocycles. The molecule has 0 unspecified atom stereocenters. The van der Waals surface area contributed by atoms with Crippen molar-refractivity contribution in [3.63, 3.8) is 0 Å². The second-order valence-corrected chi connectivity index (χ2v) is 2.90. The Labute approximate surface area is 75.0 Å². The van der Waals surface area contributed by atoms with Crippen molar-refractivity contribution in [2.24, 2.45) is 7.05 Å². The number of carbonyl (C=O) groups is 1. The Morgan fingerprint density at radius 1 is 1.54 bits per heavy atom. The van der Waals surface area contributed by atoms with Crippen LogP contribution in [0.2, 0.25) is 0 Å². The zero-order chi connectivity index (χ0) is 9.42. The SMILES string of the molecule is Cn1nc(C=O)c2ccc(N)cc21. The van der Waals surface area contributed by atoms with E-state index in [2.05, 4.69) is 5.10 Å². The van der Waals surface area contributed by atoms with Crippen LogP contribution in [0.3, 0.4) is 0 Å². The monoisotopic (exact) mass is 175 g/mol.